The summed E-state index contributed by atoms with van der Waals surface area (Å²) in [6, 6.07) is 3.57. The molecule has 5 unspecified atom stereocenters. The Morgan fingerprint density at radius 2 is 1.74 bits per heavy atom. The van der Waals surface area contributed by atoms with Gasteiger partial charge in [-0.15, -0.1) is 5.10 Å². The summed E-state index contributed by atoms with van der Waals surface area (Å²) >= 11 is 12.4. The summed E-state index contributed by atoms with van der Waals surface area (Å²) in [5, 5.41) is 39.9. The van der Waals surface area contributed by atoms with Gasteiger partial charge in [0, 0.05) is 28.2 Å². The first kappa shape index (κ1) is 31.2. The van der Waals surface area contributed by atoms with Crippen LogP contribution in [0.25, 0.3) is 11.3 Å². The van der Waals surface area contributed by atoms with Crippen molar-refractivity contribution in [3.8, 4) is 11.3 Å². The number of halogens is 5. The molecule has 11 nitrogen and oxygen atoms in total. The molecular weight excluding hydrogens is 620 g/mol. The molecule has 0 bridgehead atoms. The number of hydrogen-bond donors (Lipinski definition) is 3. The second-order valence-corrected chi connectivity index (χ2v) is 11.1. The van der Waals surface area contributed by atoms with E-state index in [-0.39, 0.29) is 27.0 Å². The average Bonchev–Trinajstić information content (AvgIpc) is 3.42. The van der Waals surface area contributed by atoms with Gasteiger partial charge < -0.3 is 29.7 Å². The highest BCUT2D eigenvalue weighted by molar-refractivity contribution is 6.35. The van der Waals surface area contributed by atoms with Gasteiger partial charge in [-0.2, -0.15) is 0 Å². The molecule has 1 saturated carbocycles. The molecule has 1 aromatic heterocycles. The summed E-state index contributed by atoms with van der Waals surface area (Å²) in [4.78, 5) is 27.7. The molecule has 2 fully saturated rings. The molecule has 1 aliphatic carbocycles. The molecule has 3 N–H and O–H groups in total. The number of esters is 1. The largest absolute Gasteiger partial charge is 0.457 e. The van der Waals surface area contributed by atoms with Gasteiger partial charge in [-0.05, 0) is 43.2 Å². The summed E-state index contributed by atoms with van der Waals surface area (Å²) in [7, 11) is 0. The van der Waals surface area contributed by atoms with E-state index in [1.807, 2.05) is 0 Å². The summed E-state index contributed by atoms with van der Waals surface area (Å²) in [5.41, 5.74) is -0.125. The Morgan fingerprint density at radius 1 is 1.09 bits per heavy atom. The van der Waals surface area contributed by atoms with Crippen LogP contribution in [0.15, 0.2) is 36.5 Å². The normalized spacial score (nSPS) is 27.0. The first-order valence-electron chi connectivity index (χ1n) is 13.0. The molecule has 3 aromatic rings. The molecule has 0 spiro atoms. The molecule has 7 atom stereocenters. The number of aromatic nitrogens is 3. The van der Waals surface area contributed by atoms with Crippen molar-refractivity contribution in [1.82, 2.24) is 15.0 Å². The van der Waals surface area contributed by atoms with Crippen LogP contribution in [0.4, 0.5) is 18.9 Å². The maximum atomic E-state index is 14.3. The average molecular weight is 645 g/mol. The highest BCUT2D eigenvalue weighted by Crippen LogP contribution is 2.38. The van der Waals surface area contributed by atoms with Crippen molar-refractivity contribution in [2.75, 3.05) is 11.5 Å². The lowest BCUT2D eigenvalue weighted by Crippen LogP contribution is -2.64. The van der Waals surface area contributed by atoms with E-state index in [1.54, 1.807) is 0 Å². The monoisotopic (exact) mass is 644 g/mol. The summed E-state index contributed by atoms with van der Waals surface area (Å²) in [6.07, 6.45) is -5.29. The van der Waals surface area contributed by atoms with Crippen LogP contribution in [0.5, 0.6) is 0 Å². The minimum Gasteiger partial charge on any atom is -0.457 e. The topological polar surface area (TPSA) is 147 Å². The van der Waals surface area contributed by atoms with Gasteiger partial charge in [-0.3, -0.25) is 9.59 Å². The molecule has 2 aromatic carbocycles. The number of aliphatic hydroxyl groups excluding tert-OH is 3. The van der Waals surface area contributed by atoms with Crippen LogP contribution in [0.2, 0.25) is 10.0 Å². The van der Waals surface area contributed by atoms with E-state index in [0.29, 0.717) is 25.0 Å². The lowest BCUT2D eigenvalue weighted by Gasteiger charge is -2.47. The number of carbonyl (C=O) groups is 2. The third-order valence-electron chi connectivity index (χ3n) is 7.40. The van der Waals surface area contributed by atoms with Gasteiger partial charge in [0.05, 0.1) is 24.9 Å². The highest BCUT2D eigenvalue weighted by Gasteiger charge is 2.54. The first-order chi connectivity index (χ1) is 20.4. The van der Waals surface area contributed by atoms with E-state index < -0.39 is 78.5 Å². The number of nitrogens with zero attached hydrogens (tertiary/aromatic N) is 4. The lowest BCUT2D eigenvalue weighted by molar-refractivity contribution is -0.216. The molecule has 1 saturated heterocycles. The molecule has 0 radical (unpaired) electrons. The highest BCUT2D eigenvalue weighted by atomic mass is 35.5. The molecule has 5 rings (SSSR count). The third kappa shape index (κ3) is 6.08. The number of ether oxygens (including phenoxy) is 2. The molecule has 230 valence electrons. The molecule has 1 aliphatic heterocycles. The zero-order chi connectivity index (χ0) is 31.2. The second-order valence-electron chi connectivity index (χ2n) is 10.2. The van der Waals surface area contributed by atoms with Crippen molar-refractivity contribution in [1.29, 1.82) is 0 Å². The van der Waals surface area contributed by atoms with E-state index in [4.69, 9.17) is 32.7 Å². The van der Waals surface area contributed by atoms with Gasteiger partial charge >= 0.3 is 5.97 Å². The van der Waals surface area contributed by atoms with Gasteiger partial charge in [0.25, 0.3) is 5.91 Å². The number of benzene rings is 2. The Labute approximate surface area is 252 Å². The minimum absolute atomic E-state index is 0.144. The van der Waals surface area contributed by atoms with Gasteiger partial charge in [-0.1, -0.05) is 28.4 Å². The SMILES string of the molecule is CC(=O)OC1C(C(=O)N(c2cc(Cl)cc(Cl)c2)[C@H]2CC[C@@H]2O)OC(CO)C(O)C1n1cc(-c2cc(F)c(F)c(F)c2)nn1. The Balaban J connectivity index is 1.57. The molecular formula is C27H25Cl2F3N4O7. The van der Waals surface area contributed by atoms with Gasteiger partial charge in [0.15, 0.2) is 29.7 Å². The van der Waals surface area contributed by atoms with Crippen LogP contribution in [-0.2, 0) is 19.1 Å². The van der Waals surface area contributed by atoms with Crippen molar-refractivity contribution < 1.29 is 47.6 Å². The van der Waals surface area contributed by atoms with Crippen LogP contribution < -0.4 is 4.90 Å². The van der Waals surface area contributed by atoms with E-state index in [9.17, 15) is 38.1 Å². The Kier molecular flexibility index (Phi) is 8.97. The number of amides is 1. The van der Waals surface area contributed by atoms with Crippen molar-refractivity contribution >= 4 is 40.8 Å². The van der Waals surface area contributed by atoms with Gasteiger partial charge in [-0.25, -0.2) is 17.9 Å². The lowest BCUT2D eigenvalue weighted by atomic mass is 9.85. The van der Waals surface area contributed by atoms with E-state index in [1.165, 1.54) is 23.1 Å². The molecule has 43 heavy (non-hydrogen) atoms. The van der Waals surface area contributed by atoms with Gasteiger partial charge in [0.2, 0.25) is 0 Å². The molecule has 2 heterocycles. The fraction of sp³-hybridized carbons (Fsp3) is 0.407. The molecule has 16 heteroatoms. The molecule has 2 aliphatic rings. The Bertz CT molecular complexity index is 1500. The van der Waals surface area contributed by atoms with Crippen molar-refractivity contribution in [2.24, 2.45) is 0 Å². The second kappa shape index (κ2) is 12.4. The van der Waals surface area contributed by atoms with Gasteiger partial charge in [0.1, 0.15) is 23.9 Å². The molecule has 1 amide bonds. The smallest absolute Gasteiger partial charge is 0.303 e. The zero-order valence-electron chi connectivity index (χ0n) is 22.3. The third-order valence-corrected chi connectivity index (χ3v) is 7.84. The Hall–Kier alpha value is -3.27. The zero-order valence-corrected chi connectivity index (χ0v) is 23.8. The van der Waals surface area contributed by atoms with Crippen LogP contribution in [0.1, 0.15) is 25.8 Å². The number of aliphatic hydroxyl groups is 3. The standard InChI is InChI=1S/C27H25Cl2F3N4O7/c1-11(38)42-25-23(35-9-18(33-34-35)12-4-16(30)22(32)17(31)5-12)24(40)21(10-37)43-26(25)27(41)36(19-2-3-20(19)39)15-7-13(28)6-14(29)8-15/h4-9,19-21,23-26,37,39-40H,2-3,10H2,1H3/t19-,20-,21?,23?,24?,25?,26?/m0/s1. The number of rotatable bonds is 7. The van der Waals surface area contributed by atoms with Crippen LogP contribution >= 0.6 is 23.2 Å². The Morgan fingerprint density at radius 3 is 2.28 bits per heavy atom. The summed E-state index contributed by atoms with van der Waals surface area (Å²) in [6.45, 7) is 0.281. The van der Waals surface area contributed by atoms with Crippen molar-refractivity contribution in [3.05, 3.63) is 64.0 Å². The quantitative estimate of drug-likeness (QED) is 0.261. The van der Waals surface area contributed by atoms with Crippen molar-refractivity contribution in [3.63, 3.8) is 0 Å². The maximum Gasteiger partial charge on any atom is 0.303 e. The van der Waals surface area contributed by atoms with E-state index in [2.05, 4.69) is 10.3 Å². The number of hydrogen-bond acceptors (Lipinski definition) is 9. The maximum absolute atomic E-state index is 14.3. The predicted octanol–water partition coefficient (Wildman–Crippen LogP) is 2.82. The number of anilines is 1. The number of carbonyl (C=O) groups excluding carboxylic acids is 2. The van der Waals surface area contributed by atoms with Crippen LogP contribution in [0.3, 0.4) is 0 Å². The van der Waals surface area contributed by atoms with E-state index >= 15 is 0 Å². The summed E-state index contributed by atoms with van der Waals surface area (Å²) < 4.78 is 53.6. The van der Waals surface area contributed by atoms with Crippen LogP contribution in [0, 0.1) is 17.5 Å². The van der Waals surface area contributed by atoms with Crippen molar-refractivity contribution in [2.45, 2.75) is 62.4 Å². The first-order valence-corrected chi connectivity index (χ1v) is 13.8. The predicted molar refractivity (Wildman–Crippen MR) is 145 cm³/mol. The summed E-state index contributed by atoms with van der Waals surface area (Å²) in [5.74, 6) is -6.31. The fourth-order valence-electron chi connectivity index (χ4n) is 5.24. The van der Waals surface area contributed by atoms with Crippen LogP contribution in [-0.4, -0.2) is 85.4 Å². The minimum atomic E-state index is -1.68. The fourth-order valence-corrected chi connectivity index (χ4v) is 5.76. The van der Waals surface area contributed by atoms with E-state index in [0.717, 1.165) is 17.8 Å².